The summed E-state index contributed by atoms with van der Waals surface area (Å²) in [6.07, 6.45) is 2.49. The van der Waals surface area contributed by atoms with Crippen molar-refractivity contribution in [3.8, 4) is 0 Å². The Hall–Kier alpha value is -1.55. The molecule has 1 aliphatic rings. The van der Waals surface area contributed by atoms with E-state index in [9.17, 15) is 0 Å². The highest BCUT2D eigenvalue weighted by Crippen LogP contribution is 2.48. The zero-order chi connectivity index (χ0) is 16.9. The number of methoxy groups -OCH3 is 1. The molecule has 0 heterocycles. The van der Waals surface area contributed by atoms with E-state index in [2.05, 4.69) is 67.6 Å². The Morgan fingerprint density at radius 1 is 1.26 bits per heavy atom. The van der Waals surface area contributed by atoms with Gasteiger partial charge in [0.2, 0.25) is 0 Å². The van der Waals surface area contributed by atoms with Gasteiger partial charge in [0.05, 0.1) is 12.1 Å². The van der Waals surface area contributed by atoms with E-state index >= 15 is 0 Å². The second-order valence-corrected chi connectivity index (χ2v) is 7.11. The summed E-state index contributed by atoms with van der Waals surface area (Å²) in [5.41, 5.74) is 2.89. The van der Waals surface area contributed by atoms with E-state index in [0.717, 1.165) is 19.0 Å². The lowest BCUT2D eigenvalue weighted by molar-refractivity contribution is 0.0310. The van der Waals surface area contributed by atoms with E-state index in [0.29, 0.717) is 6.54 Å². The zero-order valence-corrected chi connectivity index (χ0v) is 15.2. The fourth-order valence-corrected chi connectivity index (χ4v) is 2.79. The molecule has 0 amide bonds. The summed E-state index contributed by atoms with van der Waals surface area (Å²) in [6.45, 7) is 10.8. The number of guanidine groups is 1. The van der Waals surface area contributed by atoms with Crippen LogP contribution in [0.15, 0.2) is 29.3 Å². The molecule has 1 aliphatic carbocycles. The minimum atomic E-state index is -0.240. The largest absolute Gasteiger partial charge is 0.377 e. The van der Waals surface area contributed by atoms with Gasteiger partial charge in [0.1, 0.15) is 0 Å². The van der Waals surface area contributed by atoms with Crippen molar-refractivity contribution in [3.63, 3.8) is 0 Å². The third-order valence-corrected chi connectivity index (χ3v) is 4.68. The van der Waals surface area contributed by atoms with Crippen LogP contribution in [0, 0.1) is 6.92 Å². The lowest BCUT2D eigenvalue weighted by Crippen LogP contribution is -2.42. The monoisotopic (exact) mass is 317 g/mol. The van der Waals surface area contributed by atoms with Gasteiger partial charge in [-0.2, -0.15) is 0 Å². The van der Waals surface area contributed by atoms with Crippen LogP contribution in [0.25, 0.3) is 0 Å². The summed E-state index contributed by atoms with van der Waals surface area (Å²) in [7, 11) is 1.73. The van der Waals surface area contributed by atoms with Crippen LogP contribution in [0.5, 0.6) is 0 Å². The van der Waals surface area contributed by atoms with Crippen molar-refractivity contribution in [2.45, 2.75) is 51.6 Å². The molecule has 0 aromatic heterocycles. The molecule has 0 spiro atoms. The van der Waals surface area contributed by atoms with Gasteiger partial charge >= 0.3 is 0 Å². The molecule has 128 valence electrons. The smallest absolute Gasteiger partial charge is 0.191 e. The highest BCUT2D eigenvalue weighted by molar-refractivity contribution is 5.80. The van der Waals surface area contributed by atoms with Gasteiger partial charge in [-0.05, 0) is 51.7 Å². The Morgan fingerprint density at radius 2 is 1.96 bits per heavy atom. The van der Waals surface area contributed by atoms with E-state index in [1.165, 1.54) is 24.0 Å². The first kappa shape index (κ1) is 17.8. The fourth-order valence-electron chi connectivity index (χ4n) is 2.79. The molecule has 0 atom stereocenters. The van der Waals surface area contributed by atoms with Crippen molar-refractivity contribution >= 4 is 5.96 Å². The quantitative estimate of drug-likeness (QED) is 0.600. The lowest BCUT2D eigenvalue weighted by Gasteiger charge is -2.23. The summed E-state index contributed by atoms with van der Waals surface area (Å²) in [6, 6.07) is 8.72. The Kier molecular flexibility index (Phi) is 5.69. The van der Waals surface area contributed by atoms with Gasteiger partial charge in [-0.15, -0.1) is 0 Å². The Balaban J connectivity index is 2.02. The van der Waals surface area contributed by atoms with Gasteiger partial charge in [0, 0.05) is 25.6 Å². The standard InChI is InChI=1S/C19H31N3O/c1-6-20-17(21-13-18(3,4)23-5)22-14-19(11-12-19)16-10-8-7-9-15(16)2/h7-10H,6,11-14H2,1-5H3,(H2,20,21,22). The van der Waals surface area contributed by atoms with Gasteiger partial charge in [-0.1, -0.05) is 24.3 Å². The number of rotatable bonds is 7. The van der Waals surface area contributed by atoms with Crippen molar-refractivity contribution in [1.29, 1.82) is 0 Å². The molecule has 0 radical (unpaired) electrons. The number of aliphatic imine (C=N–C) groups is 1. The topological polar surface area (TPSA) is 45.7 Å². The van der Waals surface area contributed by atoms with Crippen LogP contribution in [-0.2, 0) is 10.2 Å². The average Bonchev–Trinajstić information content (AvgIpc) is 3.31. The third-order valence-electron chi connectivity index (χ3n) is 4.68. The maximum absolute atomic E-state index is 5.45. The molecule has 0 aliphatic heterocycles. The molecule has 4 heteroatoms. The van der Waals surface area contributed by atoms with Gasteiger partial charge in [-0.3, -0.25) is 4.99 Å². The predicted molar refractivity (Wildman–Crippen MR) is 97.2 cm³/mol. The van der Waals surface area contributed by atoms with Crippen LogP contribution in [0.2, 0.25) is 0 Å². The molecule has 2 rings (SSSR count). The van der Waals surface area contributed by atoms with Crippen molar-refractivity contribution in [1.82, 2.24) is 10.6 Å². The summed E-state index contributed by atoms with van der Waals surface area (Å²) in [4.78, 5) is 4.67. The minimum absolute atomic E-state index is 0.240. The first-order valence-corrected chi connectivity index (χ1v) is 8.56. The molecule has 1 saturated carbocycles. The number of ether oxygens (including phenoxy) is 1. The second kappa shape index (κ2) is 7.35. The van der Waals surface area contributed by atoms with Gasteiger partial charge in [0.15, 0.2) is 5.96 Å². The molecule has 0 unspecified atom stereocenters. The van der Waals surface area contributed by atoms with Gasteiger partial charge in [0.25, 0.3) is 0 Å². The lowest BCUT2D eigenvalue weighted by atomic mass is 9.92. The van der Waals surface area contributed by atoms with E-state index in [1.54, 1.807) is 7.11 Å². The molecular formula is C19H31N3O. The van der Waals surface area contributed by atoms with E-state index in [4.69, 9.17) is 4.74 Å². The molecule has 0 bridgehead atoms. The average molecular weight is 317 g/mol. The number of hydrogen-bond acceptors (Lipinski definition) is 2. The van der Waals surface area contributed by atoms with Crippen LogP contribution >= 0.6 is 0 Å². The van der Waals surface area contributed by atoms with Crippen molar-refractivity contribution in [2.75, 3.05) is 26.7 Å². The first-order valence-electron chi connectivity index (χ1n) is 8.56. The SMILES string of the molecule is CCNC(=NCC(C)(C)OC)NCC1(c2ccccc2C)CC1. The van der Waals surface area contributed by atoms with E-state index < -0.39 is 0 Å². The molecule has 2 N–H and O–H groups in total. The summed E-state index contributed by atoms with van der Waals surface area (Å²) in [5.74, 6) is 0.873. The van der Waals surface area contributed by atoms with Crippen molar-refractivity contribution in [3.05, 3.63) is 35.4 Å². The minimum Gasteiger partial charge on any atom is -0.377 e. The van der Waals surface area contributed by atoms with Crippen molar-refractivity contribution < 1.29 is 4.74 Å². The number of aryl methyl sites for hydroxylation is 1. The highest BCUT2D eigenvalue weighted by Gasteiger charge is 2.44. The molecule has 1 aromatic rings. The fraction of sp³-hybridized carbons (Fsp3) is 0.632. The molecule has 0 saturated heterocycles. The van der Waals surface area contributed by atoms with Crippen LogP contribution in [0.1, 0.15) is 44.7 Å². The van der Waals surface area contributed by atoms with Gasteiger partial charge < -0.3 is 15.4 Å². The molecule has 4 nitrogen and oxygen atoms in total. The summed E-state index contributed by atoms with van der Waals surface area (Å²) >= 11 is 0. The van der Waals surface area contributed by atoms with E-state index in [1.807, 2.05) is 0 Å². The zero-order valence-electron chi connectivity index (χ0n) is 15.2. The summed E-state index contributed by atoms with van der Waals surface area (Å²) in [5, 5.41) is 6.86. The first-order chi connectivity index (χ1) is 10.9. The maximum Gasteiger partial charge on any atom is 0.191 e. The van der Waals surface area contributed by atoms with Gasteiger partial charge in [-0.25, -0.2) is 0 Å². The number of hydrogen-bond donors (Lipinski definition) is 2. The summed E-state index contributed by atoms with van der Waals surface area (Å²) < 4.78 is 5.45. The Bertz CT molecular complexity index is 547. The molecule has 1 fully saturated rings. The van der Waals surface area contributed by atoms with E-state index in [-0.39, 0.29) is 11.0 Å². The van der Waals surface area contributed by atoms with Crippen LogP contribution < -0.4 is 10.6 Å². The molecular weight excluding hydrogens is 286 g/mol. The van der Waals surface area contributed by atoms with Crippen LogP contribution in [0.3, 0.4) is 0 Å². The van der Waals surface area contributed by atoms with Crippen LogP contribution in [-0.4, -0.2) is 38.3 Å². The number of benzene rings is 1. The predicted octanol–water partition coefficient (Wildman–Crippen LogP) is 3.01. The molecule has 23 heavy (non-hydrogen) atoms. The second-order valence-electron chi connectivity index (χ2n) is 7.11. The van der Waals surface area contributed by atoms with Crippen LogP contribution in [0.4, 0.5) is 0 Å². The normalized spacial score (nSPS) is 17.0. The number of nitrogens with zero attached hydrogens (tertiary/aromatic N) is 1. The third kappa shape index (κ3) is 4.71. The van der Waals surface area contributed by atoms with Crippen molar-refractivity contribution in [2.24, 2.45) is 4.99 Å². The molecule has 1 aromatic carbocycles. The number of nitrogens with one attached hydrogen (secondary N) is 2. The maximum atomic E-state index is 5.45. The Labute approximate surface area is 140 Å². The Morgan fingerprint density at radius 3 is 2.52 bits per heavy atom. The highest BCUT2D eigenvalue weighted by atomic mass is 16.5.